The van der Waals surface area contributed by atoms with Gasteiger partial charge in [-0.3, -0.25) is 4.48 Å². The van der Waals surface area contributed by atoms with Gasteiger partial charge in [-0.05, 0) is 37.8 Å². The van der Waals surface area contributed by atoms with E-state index in [2.05, 4.69) is 99.1 Å². The lowest BCUT2D eigenvalue weighted by Gasteiger charge is -2.31. The number of benzene rings is 2. The summed E-state index contributed by atoms with van der Waals surface area (Å²) in [5.41, 5.74) is 2.81. The Morgan fingerprint density at radius 3 is 1.07 bits per heavy atom. The third kappa shape index (κ3) is 18.1. The topological polar surface area (TPSA) is 0 Å². The predicted octanol–water partition coefficient (Wildman–Crippen LogP) is 13.1. The van der Waals surface area contributed by atoms with Gasteiger partial charge in [-0.1, -0.05) is 177 Å². The van der Waals surface area contributed by atoms with Gasteiger partial charge in [0.05, 0.1) is 12.4 Å². The average molecular weight is 559 g/mol. The first kappa shape index (κ1) is 35.1. The molecule has 41 heavy (non-hydrogen) atoms. The normalized spacial score (nSPS) is 12.1. The van der Waals surface area contributed by atoms with Crippen LogP contribution in [0.25, 0.3) is 0 Å². The highest BCUT2D eigenvalue weighted by Gasteiger charge is 2.23. The van der Waals surface area contributed by atoms with Gasteiger partial charge in [0.25, 0.3) is 0 Å². The molecule has 0 fully saturated rings. The van der Waals surface area contributed by atoms with Crippen molar-refractivity contribution in [3.8, 4) is 0 Å². The number of hydrogen-bond acceptors (Lipinski definition) is 0. The van der Waals surface area contributed by atoms with Crippen molar-refractivity contribution < 1.29 is 4.48 Å². The fraction of sp³-hybridized carbons (Fsp3) is 0.600. The molecule has 0 saturated carbocycles. The molecule has 0 saturated heterocycles. The van der Waals surface area contributed by atoms with E-state index in [1.54, 1.807) is 0 Å². The minimum Gasteiger partial charge on any atom is -0.264 e. The van der Waals surface area contributed by atoms with Crippen LogP contribution in [0.1, 0.15) is 153 Å². The number of allylic oxidation sites excluding steroid dienone is 2. The zero-order valence-electron chi connectivity index (χ0n) is 27.1. The minimum atomic E-state index is 0.864. The number of quaternary nitrogens is 1. The molecule has 0 atom stereocenters. The van der Waals surface area contributed by atoms with Crippen LogP contribution >= 0.6 is 0 Å². The summed E-state index contributed by atoms with van der Waals surface area (Å²) in [6.45, 7) is 6.60. The van der Waals surface area contributed by atoms with Gasteiger partial charge in [-0.15, -0.1) is 0 Å². The summed E-state index contributed by atoms with van der Waals surface area (Å²) in [5.74, 6) is 0. The lowest BCUT2D eigenvalue weighted by Crippen LogP contribution is -2.35. The van der Waals surface area contributed by atoms with Crippen LogP contribution in [0, 0.1) is 0 Å². The van der Waals surface area contributed by atoms with E-state index in [9.17, 15) is 0 Å². The number of rotatable bonds is 26. The highest BCUT2D eigenvalue weighted by Crippen LogP contribution is 2.24. The first-order valence-electron chi connectivity index (χ1n) is 17.6. The van der Waals surface area contributed by atoms with Crippen molar-refractivity contribution in [2.24, 2.45) is 0 Å². The van der Waals surface area contributed by atoms with Gasteiger partial charge in [-0.2, -0.15) is 0 Å². The fourth-order valence-electron chi connectivity index (χ4n) is 5.88. The molecule has 0 spiro atoms. The zero-order valence-corrected chi connectivity index (χ0v) is 27.1. The number of nitrogens with zero attached hydrogens (tertiary/aromatic N) is 1. The van der Waals surface area contributed by atoms with E-state index >= 15 is 0 Å². The molecule has 0 aliphatic carbocycles. The van der Waals surface area contributed by atoms with Crippen molar-refractivity contribution in [3.63, 3.8) is 0 Å². The SMILES string of the molecule is CCCCCCCCCCC/C=C\[N+](/C=C/CCCCCCCCCCC)(Cc1ccccc1)Cc1ccccc1. The molecule has 1 heteroatoms. The molecule has 2 aromatic carbocycles. The monoisotopic (exact) mass is 559 g/mol. The summed E-state index contributed by atoms with van der Waals surface area (Å²) >= 11 is 0. The summed E-state index contributed by atoms with van der Waals surface area (Å²) in [4.78, 5) is 0. The number of hydrogen-bond donors (Lipinski definition) is 0. The molecule has 0 aliphatic heterocycles. The van der Waals surface area contributed by atoms with Crippen LogP contribution < -0.4 is 0 Å². The summed E-state index contributed by atoms with van der Waals surface area (Å²) in [5, 5.41) is 0. The second-order valence-electron chi connectivity index (χ2n) is 12.4. The maximum Gasteiger partial charge on any atom is 0.113 e. The van der Waals surface area contributed by atoms with Gasteiger partial charge >= 0.3 is 0 Å². The zero-order chi connectivity index (χ0) is 29.1. The van der Waals surface area contributed by atoms with Crippen LogP contribution in [0.15, 0.2) is 85.2 Å². The smallest absolute Gasteiger partial charge is 0.113 e. The van der Waals surface area contributed by atoms with Crippen LogP contribution in [0.5, 0.6) is 0 Å². The quantitative estimate of drug-likeness (QED) is 0.0795. The molecule has 0 unspecified atom stereocenters. The Morgan fingerprint density at radius 2 is 0.732 bits per heavy atom. The fourth-order valence-corrected chi connectivity index (χ4v) is 5.88. The lowest BCUT2D eigenvalue weighted by atomic mass is 10.1. The van der Waals surface area contributed by atoms with Crippen molar-refractivity contribution in [1.29, 1.82) is 0 Å². The predicted molar refractivity (Wildman–Crippen MR) is 183 cm³/mol. The van der Waals surface area contributed by atoms with E-state index in [0.29, 0.717) is 0 Å². The molecule has 0 aromatic heterocycles. The van der Waals surface area contributed by atoms with Gasteiger partial charge < -0.3 is 0 Å². The molecule has 2 rings (SSSR count). The van der Waals surface area contributed by atoms with Gasteiger partial charge in [0.1, 0.15) is 13.1 Å². The van der Waals surface area contributed by atoms with Crippen molar-refractivity contribution >= 4 is 0 Å². The summed E-state index contributed by atoms with van der Waals surface area (Å²) in [7, 11) is 0. The highest BCUT2D eigenvalue weighted by molar-refractivity contribution is 5.16. The molecular weight excluding hydrogens is 494 g/mol. The van der Waals surface area contributed by atoms with E-state index in [-0.39, 0.29) is 0 Å². The maximum atomic E-state index is 2.51. The number of unbranched alkanes of at least 4 members (excludes halogenated alkanes) is 18. The van der Waals surface area contributed by atoms with Crippen molar-refractivity contribution in [1.82, 2.24) is 0 Å². The summed E-state index contributed by atoms with van der Waals surface area (Å²) in [6.07, 6.45) is 37.4. The first-order valence-corrected chi connectivity index (χ1v) is 17.6. The first-order chi connectivity index (χ1) is 20.3. The van der Waals surface area contributed by atoms with Crippen molar-refractivity contribution in [2.75, 3.05) is 0 Å². The Morgan fingerprint density at radius 1 is 0.415 bits per heavy atom. The van der Waals surface area contributed by atoms with Gasteiger partial charge in [0.15, 0.2) is 0 Å². The van der Waals surface area contributed by atoms with E-state index in [4.69, 9.17) is 0 Å². The van der Waals surface area contributed by atoms with E-state index in [0.717, 1.165) is 17.6 Å². The summed E-state index contributed by atoms with van der Waals surface area (Å²) in [6, 6.07) is 22.2. The molecule has 0 N–H and O–H groups in total. The molecule has 228 valence electrons. The van der Waals surface area contributed by atoms with Crippen LogP contribution in [-0.2, 0) is 13.1 Å². The Kier molecular flexibility index (Phi) is 20.9. The lowest BCUT2D eigenvalue weighted by molar-refractivity contribution is -0.856. The van der Waals surface area contributed by atoms with Gasteiger partial charge in [-0.25, -0.2) is 0 Å². The van der Waals surface area contributed by atoms with Crippen LogP contribution in [0.3, 0.4) is 0 Å². The van der Waals surface area contributed by atoms with Crippen molar-refractivity contribution in [2.45, 2.75) is 155 Å². The van der Waals surface area contributed by atoms with E-state index in [1.165, 1.54) is 140 Å². The molecule has 0 radical (unpaired) electrons. The third-order valence-electron chi connectivity index (χ3n) is 8.39. The Balaban J connectivity index is 1.94. The molecule has 1 nitrogen and oxygen atoms in total. The largest absolute Gasteiger partial charge is 0.264 e. The van der Waals surface area contributed by atoms with Crippen molar-refractivity contribution in [3.05, 3.63) is 96.3 Å². The Hall–Kier alpha value is -2.12. The van der Waals surface area contributed by atoms with Crippen LogP contribution in [0.4, 0.5) is 0 Å². The Bertz CT molecular complexity index is 806. The third-order valence-corrected chi connectivity index (χ3v) is 8.39. The second-order valence-corrected chi connectivity index (χ2v) is 12.4. The highest BCUT2D eigenvalue weighted by atomic mass is 15.3. The molecule has 0 bridgehead atoms. The molecular formula is C40H64N+. The average Bonchev–Trinajstić information content (AvgIpc) is 3.00. The van der Waals surface area contributed by atoms with E-state index < -0.39 is 0 Å². The molecule has 0 heterocycles. The summed E-state index contributed by atoms with van der Waals surface area (Å²) < 4.78 is 0.864. The second kappa shape index (κ2) is 24.5. The Labute approximate surface area is 255 Å². The van der Waals surface area contributed by atoms with Crippen LogP contribution in [-0.4, -0.2) is 4.48 Å². The standard InChI is InChI=1S/C40H64N/c1-3-5-7-9-11-13-15-17-19-21-29-35-41(37-39-31-25-23-26-32-39,38-40-33-27-24-28-34-40)36-30-22-20-18-16-14-12-10-8-6-4-2/h23-36H,3-22,37-38H2,1-2H3/q+1/b35-29-,36-30+. The van der Waals surface area contributed by atoms with Gasteiger partial charge in [0.2, 0.25) is 0 Å². The molecule has 0 amide bonds. The van der Waals surface area contributed by atoms with Crippen LogP contribution in [0.2, 0.25) is 0 Å². The molecule has 2 aromatic rings. The molecule has 0 aliphatic rings. The van der Waals surface area contributed by atoms with Gasteiger partial charge in [0, 0.05) is 11.1 Å². The van der Waals surface area contributed by atoms with E-state index in [1.807, 2.05) is 0 Å². The minimum absolute atomic E-state index is 0.864. The maximum absolute atomic E-state index is 2.51.